The Hall–Kier alpha value is -0.820. The molecule has 1 heteroatoms. The van der Waals surface area contributed by atoms with E-state index in [0.29, 0.717) is 0 Å². The molecule has 2 atom stereocenters. The standard InChI is InChI=1S/C15H23N/c1-12-6-3-4-8-14(12)10-13-7-5-9-15(11-13)16-2/h3-4,6,8,13,15-16H,5,7,9-11H2,1-2H3. The number of rotatable bonds is 3. The third-order valence-electron chi connectivity index (χ3n) is 3.96. The monoisotopic (exact) mass is 217 g/mol. The first-order chi connectivity index (χ1) is 7.79. The van der Waals surface area contributed by atoms with Crippen molar-refractivity contribution < 1.29 is 0 Å². The normalized spacial score (nSPS) is 25.6. The molecule has 0 radical (unpaired) electrons. The van der Waals surface area contributed by atoms with Gasteiger partial charge in [-0.2, -0.15) is 0 Å². The van der Waals surface area contributed by atoms with E-state index in [1.165, 1.54) is 37.7 Å². The average molecular weight is 217 g/mol. The van der Waals surface area contributed by atoms with Crippen LogP contribution in [0.15, 0.2) is 24.3 Å². The van der Waals surface area contributed by atoms with Crippen LogP contribution < -0.4 is 5.32 Å². The summed E-state index contributed by atoms with van der Waals surface area (Å²) in [6.07, 6.45) is 6.78. The topological polar surface area (TPSA) is 12.0 Å². The fraction of sp³-hybridized carbons (Fsp3) is 0.600. The summed E-state index contributed by atoms with van der Waals surface area (Å²) in [5, 5.41) is 3.43. The molecule has 2 rings (SSSR count). The van der Waals surface area contributed by atoms with Gasteiger partial charge in [-0.25, -0.2) is 0 Å². The quantitative estimate of drug-likeness (QED) is 0.819. The molecule has 1 aliphatic rings. The lowest BCUT2D eigenvalue weighted by Crippen LogP contribution is -2.32. The summed E-state index contributed by atoms with van der Waals surface area (Å²) >= 11 is 0. The van der Waals surface area contributed by atoms with Gasteiger partial charge in [-0.05, 0) is 50.3 Å². The highest BCUT2D eigenvalue weighted by molar-refractivity contribution is 5.26. The molecule has 1 aromatic rings. The predicted molar refractivity (Wildman–Crippen MR) is 69.7 cm³/mol. The Morgan fingerprint density at radius 3 is 2.81 bits per heavy atom. The van der Waals surface area contributed by atoms with Gasteiger partial charge in [0.05, 0.1) is 0 Å². The summed E-state index contributed by atoms with van der Waals surface area (Å²) < 4.78 is 0. The van der Waals surface area contributed by atoms with Crippen LogP contribution in [-0.4, -0.2) is 13.1 Å². The minimum Gasteiger partial charge on any atom is -0.317 e. The van der Waals surface area contributed by atoms with E-state index in [4.69, 9.17) is 0 Å². The van der Waals surface area contributed by atoms with Crippen LogP contribution in [0.4, 0.5) is 0 Å². The first-order valence-electron chi connectivity index (χ1n) is 6.51. The maximum Gasteiger partial charge on any atom is 0.00668 e. The summed E-state index contributed by atoms with van der Waals surface area (Å²) in [5.74, 6) is 0.882. The molecule has 1 nitrogen and oxygen atoms in total. The lowest BCUT2D eigenvalue weighted by Gasteiger charge is -2.29. The van der Waals surface area contributed by atoms with Crippen molar-refractivity contribution in [3.8, 4) is 0 Å². The highest BCUT2D eigenvalue weighted by Crippen LogP contribution is 2.28. The molecule has 1 aliphatic carbocycles. The fourth-order valence-corrected chi connectivity index (χ4v) is 2.89. The molecule has 1 N–H and O–H groups in total. The van der Waals surface area contributed by atoms with E-state index in [-0.39, 0.29) is 0 Å². The molecule has 0 bridgehead atoms. The molecule has 1 fully saturated rings. The maximum absolute atomic E-state index is 3.43. The Morgan fingerprint density at radius 2 is 2.06 bits per heavy atom. The van der Waals surface area contributed by atoms with Crippen LogP contribution in [-0.2, 0) is 6.42 Å². The second-order valence-electron chi connectivity index (χ2n) is 5.15. The largest absolute Gasteiger partial charge is 0.317 e. The van der Waals surface area contributed by atoms with E-state index in [1.54, 1.807) is 5.56 Å². The smallest absolute Gasteiger partial charge is 0.00668 e. The van der Waals surface area contributed by atoms with Crippen molar-refractivity contribution in [2.24, 2.45) is 5.92 Å². The van der Waals surface area contributed by atoms with Gasteiger partial charge in [-0.3, -0.25) is 0 Å². The maximum atomic E-state index is 3.43. The predicted octanol–water partition coefficient (Wildman–Crippen LogP) is 3.32. The average Bonchev–Trinajstić information content (AvgIpc) is 2.32. The zero-order valence-corrected chi connectivity index (χ0v) is 10.5. The zero-order chi connectivity index (χ0) is 11.4. The molecule has 1 saturated carbocycles. The highest BCUT2D eigenvalue weighted by Gasteiger charge is 2.21. The van der Waals surface area contributed by atoms with Gasteiger partial charge >= 0.3 is 0 Å². The Bertz CT molecular complexity index is 332. The van der Waals surface area contributed by atoms with Crippen LogP contribution in [0, 0.1) is 12.8 Å². The first kappa shape index (κ1) is 11.7. The van der Waals surface area contributed by atoms with Crippen molar-refractivity contribution >= 4 is 0 Å². The summed E-state index contributed by atoms with van der Waals surface area (Å²) in [5.41, 5.74) is 3.00. The molecular weight excluding hydrogens is 194 g/mol. The highest BCUT2D eigenvalue weighted by atomic mass is 14.9. The molecule has 0 spiro atoms. The van der Waals surface area contributed by atoms with E-state index in [0.717, 1.165) is 12.0 Å². The Kier molecular flexibility index (Phi) is 4.00. The first-order valence-corrected chi connectivity index (χ1v) is 6.51. The van der Waals surface area contributed by atoms with Crippen LogP contribution in [0.25, 0.3) is 0 Å². The van der Waals surface area contributed by atoms with Crippen LogP contribution in [0.5, 0.6) is 0 Å². The van der Waals surface area contributed by atoms with E-state index in [2.05, 4.69) is 43.6 Å². The van der Waals surface area contributed by atoms with Gasteiger partial charge in [0.2, 0.25) is 0 Å². The number of aryl methyl sites for hydroxylation is 1. The van der Waals surface area contributed by atoms with Gasteiger partial charge in [-0.1, -0.05) is 37.1 Å². The Balaban J connectivity index is 1.97. The van der Waals surface area contributed by atoms with Crippen molar-refractivity contribution in [2.45, 2.75) is 45.1 Å². The fourth-order valence-electron chi connectivity index (χ4n) is 2.89. The molecule has 0 saturated heterocycles. The van der Waals surface area contributed by atoms with Crippen LogP contribution in [0.2, 0.25) is 0 Å². The van der Waals surface area contributed by atoms with Crippen LogP contribution >= 0.6 is 0 Å². The van der Waals surface area contributed by atoms with Gasteiger partial charge in [0.15, 0.2) is 0 Å². The third kappa shape index (κ3) is 2.85. The minimum atomic E-state index is 0.753. The summed E-state index contributed by atoms with van der Waals surface area (Å²) in [7, 11) is 2.10. The van der Waals surface area contributed by atoms with Gasteiger partial charge in [-0.15, -0.1) is 0 Å². The molecular formula is C15H23N. The lowest BCUT2D eigenvalue weighted by atomic mass is 9.81. The van der Waals surface area contributed by atoms with Crippen molar-refractivity contribution in [2.75, 3.05) is 7.05 Å². The van der Waals surface area contributed by atoms with Gasteiger partial charge in [0.25, 0.3) is 0 Å². The van der Waals surface area contributed by atoms with Crippen molar-refractivity contribution in [3.05, 3.63) is 35.4 Å². The molecule has 0 amide bonds. The second-order valence-corrected chi connectivity index (χ2v) is 5.15. The number of hydrogen-bond donors (Lipinski definition) is 1. The summed E-state index contributed by atoms with van der Waals surface area (Å²) in [6.45, 7) is 2.23. The Morgan fingerprint density at radius 1 is 1.25 bits per heavy atom. The van der Waals surface area contributed by atoms with Gasteiger partial charge in [0, 0.05) is 6.04 Å². The lowest BCUT2D eigenvalue weighted by molar-refractivity contribution is 0.294. The molecule has 1 aromatic carbocycles. The molecule has 88 valence electrons. The van der Waals surface area contributed by atoms with Crippen LogP contribution in [0.3, 0.4) is 0 Å². The molecule has 0 aromatic heterocycles. The van der Waals surface area contributed by atoms with Gasteiger partial charge in [0.1, 0.15) is 0 Å². The van der Waals surface area contributed by atoms with Crippen LogP contribution in [0.1, 0.15) is 36.8 Å². The zero-order valence-electron chi connectivity index (χ0n) is 10.5. The summed E-state index contributed by atoms with van der Waals surface area (Å²) in [4.78, 5) is 0. The molecule has 0 heterocycles. The van der Waals surface area contributed by atoms with Crippen molar-refractivity contribution in [1.82, 2.24) is 5.32 Å². The Labute approximate surface area is 99.3 Å². The molecule has 0 aliphatic heterocycles. The number of nitrogens with one attached hydrogen (secondary N) is 1. The van der Waals surface area contributed by atoms with Crippen molar-refractivity contribution in [1.29, 1.82) is 0 Å². The SMILES string of the molecule is CNC1CCCC(Cc2ccccc2C)C1. The minimum absolute atomic E-state index is 0.753. The number of hydrogen-bond acceptors (Lipinski definition) is 1. The van der Waals surface area contributed by atoms with E-state index >= 15 is 0 Å². The van der Waals surface area contributed by atoms with E-state index < -0.39 is 0 Å². The number of benzene rings is 1. The molecule has 16 heavy (non-hydrogen) atoms. The summed E-state index contributed by atoms with van der Waals surface area (Å²) in [6, 6.07) is 9.57. The molecule has 2 unspecified atom stereocenters. The second kappa shape index (κ2) is 5.49. The van der Waals surface area contributed by atoms with Crippen molar-refractivity contribution in [3.63, 3.8) is 0 Å². The van der Waals surface area contributed by atoms with E-state index in [9.17, 15) is 0 Å². The third-order valence-corrected chi connectivity index (χ3v) is 3.96. The van der Waals surface area contributed by atoms with E-state index in [1.807, 2.05) is 0 Å². The van der Waals surface area contributed by atoms with Gasteiger partial charge < -0.3 is 5.32 Å².